The van der Waals surface area contributed by atoms with Gasteiger partial charge in [-0.25, -0.2) is 0 Å². The number of nitrogens with one attached hydrogen (secondary N) is 1. The summed E-state index contributed by atoms with van der Waals surface area (Å²) in [5.41, 5.74) is 1.21. The number of nitrogens with zero attached hydrogens (tertiary/aromatic N) is 4. The Hall–Kier alpha value is -1.41. The number of para-hydroxylation sites is 1. The summed E-state index contributed by atoms with van der Waals surface area (Å²) in [6, 6.07) is 7.12. The Morgan fingerprint density at radius 1 is 1.27 bits per heavy atom. The van der Waals surface area contributed by atoms with Gasteiger partial charge < -0.3 is 5.32 Å². The van der Waals surface area contributed by atoms with E-state index in [0.717, 1.165) is 0 Å². The van der Waals surface area contributed by atoms with Gasteiger partial charge in [0.1, 0.15) is 5.01 Å². The molecule has 0 spiro atoms. The number of hydrogen-bond donors (Lipinski definition) is 1. The van der Waals surface area contributed by atoms with Crippen LogP contribution in [-0.4, -0.2) is 29.5 Å². The second-order valence-electron chi connectivity index (χ2n) is 4.35. The van der Waals surface area contributed by atoms with E-state index in [1.807, 2.05) is 12.1 Å². The lowest BCUT2D eigenvalue weighted by atomic mass is 10.2. The minimum Gasteiger partial charge on any atom is -0.322 e. The van der Waals surface area contributed by atoms with Gasteiger partial charge in [-0.15, -0.1) is 10.2 Å². The van der Waals surface area contributed by atoms with E-state index in [-0.39, 0.29) is 0 Å². The minimum absolute atomic E-state index is 0.501. The summed E-state index contributed by atoms with van der Waals surface area (Å²) >= 11 is 18.1. The maximum absolute atomic E-state index is 11.8. The van der Waals surface area contributed by atoms with E-state index in [1.54, 1.807) is 23.6 Å². The Kier molecular flexibility index (Phi) is 3.98. The van der Waals surface area contributed by atoms with Crippen molar-refractivity contribution in [2.24, 2.45) is 0 Å². The van der Waals surface area contributed by atoms with Gasteiger partial charge in [-0.1, -0.05) is 58.3 Å². The third-order valence-corrected chi connectivity index (χ3v) is 4.26. The van der Waals surface area contributed by atoms with Crippen LogP contribution in [0.3, 0.4) is 0 Å². The summed E-state index contributed by atoms with van der Waals surface area (Å²) in [5, 5.41) is 15.6. The number of halogens is 3. The fourth-order valence-corrected chi connectivity index (χ4v) is 2.86. The standard InChI is InChI=1S/C12H8Cl3N5OS/c1-6-17-18-11-20(6)19-9(22-11)7-4-2-3-5-8(7)16-10(21)12(13,14)15/h2-5H,1H3,(H,16,21). The Labute approximate surface area is 144 Å². The van der Waals surface area contributed by atoms with E-state index in [4.69, 9.17) is 34.8 Å². The zero-order valence-electron chi connectivity index (χ0n) is 11.0. The van der Waals surface area contributed by atoms with Gasteiger partial charge in [-0.3, -0.25) is 4.79 Å². The number of rotatable bonds is 2. The first-order chi connectivity index (χ1) is 10.4. The molecule has 0 aliphatic carbocycles. The number of benzene rings is 1. The third kappa shape index (κ3) is 2.89. The van der Waals surface area contributed by atoms with Gasteiger partial charge in [0.25, 0.3) is 9.70 Å². The Balaban J connectivity index is 2.02. The molecule has 1 aromatic carbocycles. The molecule has 0 aliphatic heterocycles. The molecule has 22 heavy (non-hydrogen) atoms. The molecule has 0 radical (unpaired) electrons. The van der Waals surface area contributed by atoms with Crippen LogP contribution in [0.2, 0.25) is 0 Å². The minimum atomic E-state index is -2.04. The van der Waals surface area contributed by atoms with Crippen LogP contribution in [-0.2, 0) is 4.79 Å². The molecule has 3 aromatic rings. The average Bonchev–Trinajstić information content (AvgIpc) is 3.01. The van der Waals surface area contributed by atoms with E-state index in [0.29, 0.717) is 27.0 Å². The quantitative estimate of drug-likeness (QED) is 0.695. The molecule has 114 valence electrons. The zero-order valence-corrected chi connectivity index (χ0v) is 14.1. The van der Waals surface area contributed by atoms with Crippen LogP contribution in [0.25, 0.3) is 15.5 Å². The molecule has 0 saturated carbocycles. The molecule has 6 nitrogen and oxygen atoms in total. The van der Waals surface area contributed by atoms with Crippen LogP contribution in [0.4, 0.5) is 5.69 Å². The van der Waals surface area contributed by atoms with Crippen LogP contribution in [0.15, 0.2) is 24.3 Å². The zero-order chi connectivity index (χ0) is 15.9. The fraction of sp³-hybridized carbons (Fsp3) is 0.167. The van der Waals surface area contributed by atoms with Crippen molar-refractivity contribution in [3.63, 3.8) is 0 Å². The van der Waals surface area contributed by atoms with Crippen molar-refractivity contribution in [2.45, 2.75) is 10.7 Å². The molecule has 2 heterocycles. The van der Waals surface area contributed by atoms with Gasteiger partial charge in [0.05, 0.1) is 5.69 Å². The van der Waals surface area contributed by atoms with E-state index >= 15 is 0 Å². The lowest BCUT2D eigenvalue weighted by molar-refractivity contribution is -0.115. The van der Waals surface area contributed by atoms with Gasteiger partial charge in [-0.05, 0) is 19.1 Å². The second-order valence-corrected chi connectivity index (χ2v) is 7.58. The molecule has 0 bridgehead atoms. The Morgan fingerprint density at radius 3 is 2.68 bits per heavy atom. The number of aromatic nitrogens is 4. The maximum Gasteiger partial charge on any atom is 0.276 e. The highest BCUT2D eigenvalue weighted by atomic mass is 35.6. The maximum atomic E-state index is 11.8. The van der Waals surface area contributed by atoms with Crippen molar-refractivity contribution in [3.05, 3.63) is 30.1 Å². The molecule has 1 N–H and O–H groups in total. The predicted molar refractivity (Wildman–Crippen MR) is 87.8 cm³/mol. The molecule has 0 unspecified atom stereocenters. The van der Waals surface area contributed by atoms with Crippen molar-refractivity contribution < 1.29 is 4.79 Å². The highest BCUT2D eigenvalue weighted by Gasteiger charge is 2.31. The number of carbonyl (C=O) groups is 1. The molecule has 2 aromatic heterocycles. The number of alkyl halides is 3. The van der Waals surface area contributed by atoms with E-state index in [1.165, 1.54) is 11.3 Å². The van der Waals surface area contributed by atoms with Crippen molar-refractivity contribution in [1.82, 2.24) is 19.8 Å². The third-order valence-electron chi connectivity index (χ3n) is 2.81. The lowest BCUT2D eigenvalue weighted by Crippen LogP contribution is -2.27. The second kappa shape index (κ2) is 5.66. The van der Waals surface area contributed by atoms with Crippen molar-refractivity contribution in [3.8, 4) is 10.6 Å². The van der Waals surface area contributed by atoms with Gasteiger partial charge in [0.2, 0.25) is 4.96 Å². The molecule has 0 saturated heterocycles. The fourth-order valence-electron chi connectivity index (χ4n) is 1.80. The lowest BCUT2D eigenvalue weighted by Gasteiger charge is -2.13. The molecular weight excluding hydrogens is 369 g/mol. The number of carbonyl (C=O) groups excluding carboxylic acids is 1. The van der Waals surface area contributed by atoms with Gasteiger partial charge >= 0.3 is 0 Å². The van der Waals surface area contributed by atoms with E-state index < -0.39 is 9.70 Å². The summed E-state index contributed by atoms with van der Waals surface area (Å²) < 4.78 is -0.404. The Bertz CT molecular complexity index is 854. The number of hydrogen-bond acceptors (Lipinski definition) is 5. The average molecular weight is 377 g/mol. The van der Waals surface area contributed by atoms with Crippen molar-refractivity contribution >= 4 is 62.7 Å². The number of amides is 1. The topological polar surface area (TPSA) is 72.2 Å². The molecule has 0 aliphatic rings. The van der Waals surface area contributed by atoms with E-state index in [9.17, 15) is 4.79 Å². The number of aryl methyl sites for hydroxylation is 1. The Morgan fingerprint density at radius 2 is 2.00 bits per heavy atom. The van der Waals surface area contributed by atoms with Gasteiger partial charge in [-0.2, -0.15) is 9.61 Å². The SMILES string of the molecule is Cc1nnc2sc(-c3ccccc3NC(=O)C(Cl)(Cl)Cl)nn12. The van der Waals surface area contributed by atoms with Crippen LogP contribution in [0.1, 0.15) is 5.82 Å². The molecule has 3 rings (SSSR count). The van der Waals surface area contributed by atoms with Crippen LogP contribution >= 0.6 is 46.1 Å². The van der Waals surface area contributed by atoms with E-state index in [2.05, 4.69) is 20.6 Å². The van der Waals surface area contributed by atoms with Crippen LogP contribution in [0.5, 0.6) is 0 Å². The first kappa shape index (κ1) is 15.5. The summed E-state index contributed by atoms with van der Waals surface area (Å²) in [5.74, 6) is -0.0514. The highest BCUT2D eigenvalue weighted by Crippen LogP contribution is 2.33. The molecular formula is C12H8Cl3N5OS. The smallest absolute Gasteiger partial charge is 0.276 e. The van der Waals surface area contributed by atoms with Crippen molar-refractivity contribution in [2.75, 3.05) is 5.32 Å². The first-order valence-electron chi connectivity index (χ1n) is 6.02. The van der Waals surface area contributed by atoms with Crippen LogP contribution < -0.4 is 5.32 Å². The van der Waals surface area contributed by atoms with Gasteiger partial charge in [0, 0.05) is 5.56 Å². The molecule has 1 amide bonds. The monoisotopic (exact) mass is 375 g/mol. The number of anilines is 1. The van der Waals surface area contributed by atoms with Crippen LogP contribution in [0, 0.1) is 6.92 Å². The molecule has 10 heteroatoms. The summed E-state index contributed by atoms with van der Waals surface area (Å²) in [6.45, 7) is 1.81. The number of fused-ring (bicyclic) bond motifs is 1. The predicted octanol–water partition coefficient (Wildman–Crippen LogP) is 3.47. The highest BCUT2D eigenvalue weighted by molar-refractivity contribution is 7.19. The largest absolute Gasteiger partial charge is 0.322 e. The first-order valence-corrected chi connectivity index (χ1v) is 7.98. The molecule has 0 fully saturated rings. The summed E-state index contributed by atoms with van der Waals surface area (Å²) in [4.78, 5) is 12.5. The molecule has 0 atom stereocenters. The summed E-state index contributed by atoms with van der Waals surface area (Å²) in [7, 11) is 0. The normalized spacial score (nSPS) is 11.8. The van der Waals surface area contributed by atoms with Gasteiger partial charge in [0.15, 0.2) is 5.82 Å². The summed E-state index contributed by atoms with van der Waals surface area (Å²) in [6.07, 6.45) is 0. The van der Waals surface area contributed by atoms with Crippen molar-refractivity contribution in [1.29, 1.82) is 0 Å².